The van der Waals surface area contributed by atoms with E-state index < -0.39 is 5.91 Å². The summed E-state index contributed by atoms with van der Waals surface area (Å²) < 4.78 is 1.97. The van der Waals surface area contributed by atoms with Crippen LogP contribution in [-0.2, 0) is 4.79 Å². The summed E-state index contributed by atoms with van der Waals surface area (Å²) in [5.74, 6) is -0.427. The van der Waals surface area contributed by atoms with E-state index in [0.717, 1.165) is 27.7 Å². The van der Waals surface area contributed by atoms with Crippen molar-refractivity contribution >= 4 is 63.0 Å². The molecule has 4 rings (SSSR count). The number of hydrogen-bond acceptors (Lipinski definition) is 4. The number of fused-ring (bicyclic) bond motifs is 1. The van der Waals surface area contributed by atoms with Crippen LogP contribution in [0.4, 0.5) is 0 Å². The lowest BCUT2D eigenvalue weighted by Gasteiger charge is -2.20. The van der Waals surface area contributed by atoms with Crippen molar-refractivity contribution in [3.63, 3.8) is 0 Å². The maximum atomic E-state index is 12.5. The zero-order valence-electron chi connectivity index (χ0n) is 15.2. The molecule has 6 nitrogen and oxygen atoms in total. The van der Waals surface area contributed by atoms with Gasteiger partial charge in [-0.25, -0.2) is 0 Å². The number of carbonyl (C=O) groups excluding carboxylic acids is 1. The fraction of sp³-hybridized carbons (Fsp3) is 0.158. The Kier molecular flexibility index (Phi) is 4.69. The van der Waals surface area contributed by atoms with Gasteiger partial charge in [-0.1, -0.05) is 29.3 Å². The SMILES string of the molecule is CC1=NN2C(=N)/C(=C\c3cc(C)n(-c4cccc(Cl)c4Cl)c3C)C(=O)N=C2S1. The third kappa shape index (κ3) is 2.99. The highest BCUT2D eigenvalue weighted by molar-refractivity contribution is 8.26. The van der Waals surface area contributed by atoms with E-state index in [1.165, 1.54) is 16.8 Å². The fourth-order valence-electron chi connectivity index (χ4n) is 3.21. The van der Waals surface area contributed by atoms with Crippen LogP contribution in [-0.4, -0.2) is 31.5 Å². The van der Waals surface area contributed by atoms with Crippen molar-refractivity contribution in [3.8, 4) is 5.69 Å². The fourth-order valence-corrected chi connectivity index (χ4v) is 4.33. The Labute approximate surface area is 176 Å². The summed E-state index contributed by atoms with van der Waals surface area (Å²) in [7, 11) is 0. The van der Waals surface area contributed by atoms with Crippen LogP contribution < -0.4 is 0 Å². The summed E-state index contributed by atoms with van der Waals surface area (Å²) in [5.41, 5.74) is 3.56. The number of carbonyl (C=O) groups is 1. The third-order valence-corrected chi connectivity index (χ3v) is 6.13. The molecule has 142 valence electrons. The Morgan fingerprint density at radius 1 is 1.21 bits per heavy atom. The first-order chi connectivity index (χ1) is 13.3. The van der Waals surface area contributed by atoms with E-state index in [-0.39, 0.29) is 11.4 Å². The maximum Gasteiger partial charge on any atom is 0.283 e. The second-order valence-corrected chi connectivity index (χ2v) is 8.32. The second kappa shape index (κ2) is 6.92. The van der Waals surface area contributed by atoms with E-state index in [1.807, 2.05) is 43.5 Å². The second-order valence-electron chi connectivity index (χ2n) is 6.37. The van der Waals surface area contributed by atoms with Gasteiger partial charge in [0.15, 0.2) is 5.84 Å². The zero-order valence-corrected chi connectivity index (χ0v) is 17.6. The highest BCUT2D eigenvalue weighted by atomic mass is 35.5. The lowest BCUT2D eigenvalue weighted by atomic mass is 10.1. The molecule has 1 aromatic heterocycles. The summed E-state index contributed by atoms with van der Waals surface area (Å²) in [6.07, 6.45) is 1.68. The van der Waals surface area contributed by atoms with Crippen LogP contribution in [0.5, 0.6) is 0 Å². The first-order valence-corrected chi connectivity index (χ1v) is 9.95. The van der Waals surface area contributed by atoms with Crippen LogP contribution in [0.25, 0.3) is 11.8 Å². The van der Waals surface area contributed by atoms with E-state index >= 15 is 0 Å². The number of benzene rings is 1. The molecule has 0 saturated carbocycles. The van der Waals surface area contributed by atoms with E-state index in [4.69, 9.17) is 28.6 Å². The Morgan fingerprint density at radius 2 is 1.96 bits per heavy atom. The monoisotopic (exact) mass is 431 g/mol. The van der Waals surface area contributed by atoms with Crippen molar-refractivity contribution < 1.29 is 4.79 Å². The molecular formula is C19H15Cl2N5OS. The number of nitrogens with zero attached hydrogens (tertiary/aromatic N) is 4. The van der Waals surface area contributed by atoms with Crippen molar-refractivity contribution in [3.05, 3.63) is 56.8 Å². The molecule has 9 heteroatoms. The minimum absolute atomic E-state index is 0.0185. The van der Waals surface area contributed by atoms with Crippen molar-refractivity contribution in [1.29, 1.82) is 5.41 Å². The molecular weight excluding hydrogens is 417 g/mol. The highest BCUT2D eigenvalue weighted by Crippen LogP contribution is 2.33. The quantitative estimate of drug-likeness (QED) is 0.676. The van der Waals surface area contributed by atoms with Crippen LogP contribution in [0.15, 0.2) is 39.9 Å². The van der Waals surface area contributed by atoms with Crippen LogP contribution in [0, 0.1) is 19.3 Å². The summed E-state index contributed by atoms with van der Waals surface area (Å²) >= 11 is 13.8. The number of halogens is 2. The van der Waals surface area contributed by atoms with Crippen LogP contribution in [0.2, 0.25) is 10.0 Å². The number of rotatable bonds is 2. The summed E-state index contributed by atoms with van der Waals surface area (Å²) in [6, 6.07) is 7.39. The van der Waals surface area contributed by atoms with Crippen LogP contribution >= 0.6 is 35.0 Å². The average molecular weight is 432 g/mol. The van der Waals surface area contributed by atoms with E-state index in [0.29, 0.717) is 15.2 Å². The largest absolute Gasteiger partial charge is 0.316 e. The number of amidine groups is 2. The number of aryl methyl sites for hydroxylation is 1. The number of aliphatic imine (C=N–C) groups is 1. The number of thioether (sulfide) groups is 1. The number of hydrazone groups is 1. The van der Waals surface area contributed by atoms with E-state index in [9.17, 15) is 4.79 Å². The molecule has 0 spiro atoms. The standard InChI is InChI=1S/C19H15Cl2N5OS/c1-9-7-12(10(2)25(9)15-6-4-5-14(20)16(15)21)8-13-17(22)26-19(23-18(13)27)28-11(3)24-26/h4-8,22H,1-3H3/b13-8+,22-17?. The molecule has 0 radical (unpaired) electrons. The molecule has 2 aliphatic rings. The zero-order chi connectivity index (χ0) is 20.2. The van der Waals surface area contributed by atoms with Crippen LogP contribution in [0.1, 0.15) is 23.9 Å². The molecule has 2 aromatic rings. The molecule has 0 bridgehead atoms. The van der Waals surface area contributed by atoms with Gasteiger partial charge in [0.1, 0.15) is 0 Å². The van der Waals surface area contributed by atoms with Crippen molar-refractivity contribution in [2.24, 2.45) is 10.1 Å². The van der Waals surface area contributed by atoms with Crippen LogP contribution in [0.3, 0.4) is 0 Å². The van der Waals surface area contributed by atoms with Gasteiger partial charge in [-0.05, 0) is 62.4 Å². The normalized spacial score (nSPS) is 17.9. The minimum Gasteiger partial charge on any atom is -0.316 e. The summed E-state index contributed by atoms with van der Waals surface area (Å²) in [4.78, 5) is 16.6. The van der Waals surface area contributed by atoms with Gasteiger partial charge in [0.2, 0.25) is 5.17 Å². The van der Waals surface area contributed by atoms with Gasteiger partial charge in [0.05, 0.1) is 26.3 Å². The molecule has 2 aliphatic heterocycles. The molecule has 0 aliphatic carbocycles. The molecule has 1 aromatic carbocycles. The predicted octanol–water partition coefficient (Wildman–Crippen LogP) is 5.04. The first-order valence-electron chi connectivity index (χ1n) is 8.38. The van der Waals surface area contributed by atoms with Gasteiger partial charge in [-0.2, -0.15) is 15.1 Å². The Bertz CT molecular complexity index is 1150. The van der Waals surface area contributed by atoms with E-state index in [1.54, 1.807) is 12.1 Å². The van der Waals surface area contributed by atoms with Crippen molar-refractivity contribution in [2.45, 2.75) is 20.8 Å². The number of nitrogens with one attached hydrogen (secondary N) is 1. The maximum absolute atomic E-state index is 12.5. The summed E-state index contributed by atoms with van der Waals surface area (Å²) in [6.45, 7) is 5.69. The first kappa shape index (κ1) is 19.0. The van der Waals surface area contributed by atoms with Crippen molar-refractivity contribution in [2.75, 3.05) is 0 Å². The van der Waals surface area contributed by atoms with Gasteiger partial charge in [0, 0.05) is 11.4 Å². The number of hydrogen-bond donors (Lipinski definition) is 1. The van der Waals surface area contributed by atoms with Gasteiger partial charge >= 0.3 is 0 Å². The van der Waals surface area contributed by atoms with Crippen molar-refractivity contribution in [1.82, 2.24) is 9.58 Å². The molecule has 0 saturated heterocycles. The average Bonchev–Trinajstić information content (AvgIpc) is 3.13. The topological polar surface area (TPSA) is 73.8 Å². The molecule has 0 fully saturated rings. The third-order valence-electron chi connectivity index (χ3n) is 4.50. The van der Waals surface area contributed by atoms with Gasteiger partial charge in [0.25, 0.3) is 5.91 Å². The van der Waals surface area contributed by atoms with Gasteiger partial charge in [-0.3, -0.25) is 10.2 Å². The Hall–Kier alpha value is -2.35. The Balaban J connectivity index is 1.81. The molecule has 1 amide bonds. The lowest BCUT2D eigenvalue weighted by Crippen LogP contribution is -2.35. The molecule has 0 atom stereocenters. The van der Waals surface area contributed by atoms with E-state index in [2.05, 4.69) is 10.1 Å². The molecule has 1 N–H and O–H groups in total. The molecule has 3 heterocycles. The smallest absolute Gasteiger partial charge is 0.283 e. The molecule has 0 unspecified atom stereocenters. The number of amides is 1. The predicted molar refractivity (Wildman–Crippen MR) is 116 cm³/mol. The lowest BCUT2D eigenvalue weighted by molar-refractivity contribution is -0.114. The highest BCUT2D eigenvalue weighted by Gasteiger charge is 2.34. The molecule has 28 heavy (non-hydrogen) atoms. The minimum atomic E-state index is -0.445. The summed E-state index contributed by atoms with van der Waals surface area (Å²) in [5, 5.41) is 16.1. The Morgan fingerprint density at radius 3 is 2.71 bits per heavy atom. The van der Waals surface area contributed by atoms with Gasteiger partial charge < -0.3 is 4.57 Å². The van der Waals surface area contributed by atoms with Gasteiger partial charge in [-0.15, -0.1) is 0 Å². The number of aromatic nitrogens is 1.